The van der Waals surface area contributed by atoms with Gasteiger partial charge >= 0.3 is 0 Å². The number of unbranched alkanes of at least 4 members (excludes halogenated alkanes) is 7. The van der Waals surface area contributed by atoms with Gasteiger partial charge in [-0.1, -0.05) is 100 Å². The average Bonchev–Trinajstić information content (AvgIpc) is 2.63. The minimum atomic E-state index is 0.362. The van der Waals surface area contributed by atoms with Crippen LogP contribution < -0.4 is 0 Å². The minimum absolute atomic E-state index is 0.362. The maximum absolute atomic E-state index is 9.38. The van der Waals surface area contributed by atoms with Crippen LogP contribution in [0.3, 0.4) is 0 Å². The molecular formula is C21H34N2O2. The SMILES string of the molecule is CCCCCCCCCCC(=N/O)/C(=N\O)c1ccc(C(C)C)cc1. The van der Waals surface area contributed by atoms with Crippen molar-refractivity contribution in [1.29, 1.82) is 0 Å². The van der Waals surface area contributed by atoms with E-state index in [1.165, 1.54) is 44.1 Å². The molecule has 0 heterocycles. The van der Waals surface area contributed by atoms with Crippen LogP contribution in [0.5, 0.6) is 0 Å². The number of hydrogen-bond donors (Lipinski definition) is 2. The number of rotatable bonds is 12. The first-order valence-corrected chi connectivity index (χ1v) is 9.67. The molecule has 0 aliphatic rings. The van der Waals surface area contributed by atoms with Crippen LogP contribution in [0.15, 0.2) is 34.6 Å². The summed E-state index contributed by atoms with van der Waals surface area (Å²) in [6.45, 7) is 6.50. The number of oxime groups is 2. The van der Waals surface area contributed by atoms with Gasteiger partial charge in [0.05, 0.1) is 0 Å². The van der Waals surface area contributed by atoms with Crippen LogP contribution in [0.1, 0.15) is 95.6 Å². The Morgan fingerprint density at radius 3 is 1.88 bits per heavy atom. The number of hydrogen-bond acceptors (Lipinski definition) is 4. The fourth-order valence-electron chi connectivity index (χ4n) is 2.95. The van der Waals surface area contributed by atoms with Gasteiger partial charge in [-0.25, -0.2) is 0 Å². The van der Waals surface area contributed by atoms with Crippen LogP contribution >= 0.6 is 0 Å². The van der Waals surface area contributed by atoms with Crippen molar-refractivity contribution in [2.45, 2.75) is 84.5 Å². The zero-order chi connectivity index (χ0) is 18.5. The lowest BCUT2D eigenvalue weighted by Crippen LogP contribution is -2.16. The van der Waals surface area contributed by atoms with Crippen molar-refractivity contribution in [3.63, 3.8) is 0 Å². The highest BCUT2D eigenvalue weighted by Gasteiger charge is 2.14. The van der Waals surface area contributed by atoms with Gasteiger partial charge in [-0.2, -0.15) is 0 Å². The second-order valence-corrected chi connectivity index (χ2v) is 7.00. The van der Waals surface area contributed by atoms with Crippen LogP contribution in [-0.4, -0.2) is 21.8 Å². The van der Waals surface area contributed by atoms with E-state index in [1.807, 2.05) is 24.3 Å². The zero-order valence-electron chi connectivity index (χ0n) is 16.0. The zero-order valence-corrected chi connectivity index (χ0v) is 16.0. The molecule has 4 heteroatoms. The Balaban J connectivity index is 2.48. The number of nitrogens with zero attached hydrogens (tertiary/aromatic N) is 2. The highest BCUT2D eigenvalue weighted by Crippen LogP contribution is 2.17. The summed E-state index contributed by atoms with van der Waals surface area (Å²) >= 11 is 0. The van der Waals surface area contributed by atoms with E-state index in [-0.39, 0.29) is 0 Å². The van der Waals surface area contributed by atoms with E-state index in [1.54, 1.807) is 0 Å². The molecular weight excluding hydrogens is 312 g/mol. The first-order chi connectivity index (χ1) is 12.1. The van der Waals surface area contributed by atoms with Gasteiger partial charge in [0, 0.05) is 5.56 Å². The fourth-order valence-corrected chi connectivity index (χ4v) is 2.95. The van der Waals surface area contributed by atoms with Crippen molar-refractivity contribution in [3.8, 4) is 0 Å². The molecule has 0 aromatic heterocycles. The minimum Gasteiger partial charge on any atom is -0.411 e. The van der Waals surface area contributed by atoms with Crippen molar-refractivity contribution in [2.75, 3.05) is 0 Å². The maximum atomic E-state index is 9.38. The van der Waals surface area contributed by atoms with Crippen molar-refractivity contribution < 1.29 is 10.4 Å². The topological polar surface area (TPSA) is 65.2 Å². The molecule has 0 bridgehead atoms. The third kappa shape index (κ3) is 7.72. The fraction of sp³-hybridized carbons (Fsp3) is 0.619. The summed E-state index contributed by atoms with van der Waals surface area (Å²) < 4.78 is 0. The van der Waals surface area contributed by atoms with Crippen molar-refractivity contribution in [3.05, 3.63) is 35.4 Å². The normalized spacial score (nSPS) is 12.8. The smallest absolute Gasteiger partial charge is 0.134 e. The summed E-state index contributed by atoms with van der Waals surface area (Å²) in [7, 11) is 0. The molecule has 0 fully saturated rings. The van der Waals surface area contributed by atoms with Gasteiger partial charge in [-0.05, 0) is 24.3 Å². The second-order valence-electron chi connectivity index (χ2n) is 7.00. The monoisotopic (exact) mass is 346 g/mol. The molecule has 0 aliphatic heterocycles. The number of benzene rings is 1. The molecule has 0 unspecified atom stereocenters. The summed E-state index contributed by atoms with van der Waals surface area (Å²) in [5.41, 5.74) is 2.82. The molecule has 4 nitrogen and oxygen atoms in total. The average molecular weight is 347 g/mol. The molecule has 0 amide bonds. The quantitative estimate of drug-likeness (QED) is 0.200. The van der Waals surface area contributed by atoms with E-state index in [0.717, 1.165) is 18.4 Å². The summed E-state index contributed by atoms with van der Waals surface area (Å²) in [5.74, 6) is 0.451. The highest BCUT2D eigenvalue weighted by atomic mass is 16.4. The van der Waals surface area contributed by atoms with Crippen LogP contribution in [0.4, 0.5) is 0 Å². The molecule has 0 saturated carbocycles. The Labute approximate surface area is 152 Å². The lowest BCUT2D eigenvalue weighted by Gasteiger charge is -2.10. The lowest BCUT2D eigenvalue weighted by molar-refractivity contribution is 0.313. The molecule has 0 saturated heterocycles. The summed E-state index contributed by atoms with van der Waals surface area (Å²) in [6, 6.07) is 7.89. The first-order valence-electron chi connectivity index (χ1n) is 9.67. The van der Waals surface area contributed by atoms with E-state index >= 15 is 0 Å². The Kier molecular flexibility index (Phi) is 10.6. The van der Waals surface area contributed by atoms with Gasteiger partial charge in [0.15, 0.2) is 0 Å². The molecule has 140 valence electrons. The second kappa shape index (κ2) is 12.5. The van der Waals surface area contributed by atoms with E-state index in [2.05, 4.69) is 31.1 Å². The lowest BCUT2D eigenvalue weighted by atomic mass is 9.97. The van der Waals surface area contributed by atoms with Crippen molar-refractivity contribution in [1.82, 2.24) is 0 Å². The molecule has 0 spiro atoms. The van der Waals surface area contributed by atoms with Crippen LogP contribution in [-0.2, 0) is 0 Å². The Bertz CT molecular complexity index is 533. The summed E-state index contributed by atoms with van der Waals surface area (Å²) in [4.78, 5) is 0. The van der Waals surface area contributed by atoms with Crippen LogP contribution in [0, 0.1) is 0 Å². The predicted octanol–water partition coefficient (Wildman–Crippen LogP) is 6.35. The van der Waals surface area contributed by atoms with Gasteiger partial charge in [-0.15, -0.1) is 0 Å². The van der Waals surface area contributed by atoms with Crippen LogP contribution in [0.2, 0.25) is 0 Å². The Morgan fingerprint density at radius 1 is 0.840 bits per heavy atom. The van der Waals surface area contributed by atoms with Crippen molar-refractivity contribution >= 4 is 11.4 Å². The maximum Gasteiger partial charge on any atom is 0.134 e. The molecule has 0 aliphatic carbocycles. The van der Waals surface area contributed by atoms with Gasteiger partial charge < -0.3 is 10.4 Å². The van der Waals surface area contributed by atoms with Gasteiger partial charge in [0.2, 0.25) is 0 Å². The molecule has 0 radical (unpaired) electrons. The molecule has 1 aromatic carbocycles. The van der Waals surface area contributed by atoms with E-state index < -0.39 is 0 Å². The van der Waals surface area contributed by atoms with E-state index in [9.17, 15) is 10.4 Å². The Morgan fingerprint density at radius 2 is 1.40 bits per heavy atom. The van der Waals surface area contributed by atoms with Crippen molar-refractivity contribution in [2.24, 2.45) is 10.3 Å². The first kappa shape index (κ1) is 21.2. The highest BCUT2D eigenvalue weighted by molar-refractivity contribution is 6.48. The van der Waals surface area contributed by atoms with Crippen LogP contribution in [0.25, 0.3) is 0 Å². The molecule has 0 atom stereocenters. The molecule has 2 N–H and O–H groups in total. The molecule has 1 rings (SSSR count). The predicted molar refractivity (Wildman–Crippen MR) is 105 cm³/mol. The molecule has 1 aromatic rings. The third-order valence-corrected chi connectivity index (χ3v) is 4.61. The largest absolute Gasteiger partial charge is 0.411 e. The molecule has 25 heavy (non-hydrogen) atoms. The van der Waals surface area contributed by atoms with Gasteiger partial charge in [0.1, 0.15) is 11.4 Å². The van der Waals surface area contributed by atoms with Gasteiger partial charge in [0.25, 0.3) is 0 Å². The third-order valence-electron chi connectivity index (χ3n) is 4.61. The van der Waals surface area contributed by atoms with E-state index in [0.29, 0.717) is 23.8 Å². The summed E-state index contributed by atoms with van der Waals surface area (Å²) in [6.07, 6.45) is 10.4. The Hall–Kier alpha value is -1.84. The summed E-state index contributed by atoms with van der Waals surface area (Å²) in [5, 5.41) is 25.5. The standard InChI is InChI=1S/C21H34N2O2/c1-4-5-6-7-8-9-10-11-12-20(22-24)21(23-25)19-15-13-18(14-16-19)17(2)3/h13-17,24-25H,4-12H2,1-3H3/b22-20-,23-21-. The van der Waals surface area contributed by atoms with E-state index in [4.69, 9.17) is 0 Å². The van der Waals surface area contributed by atoms with Gasteiger partial charge in [-0.3, -0.25) is 0 Å².